The number of rotatable bonds is 4. The molecule has 84 valence electrons. The molecule has 1 aromatic rings. The monoisotopic (exact) mass is 216 g/mol. The molecule has 1 aromatic carbocycles. The number of nitrogens with two attached hydrogens (primary N) is 1. The van der Waals surface area contributed by atoms with Gasteiger partial charge in [0.25, 0.3) is 0 Å². The second-order valence-electron chi connectivity index (χ2n) is 3.61. The molecule has 0 aliphatic heterocycles. The molecule has 0 aromatic heterocycles. The first-order chi connectivity index (χ1) is 7.59. The highest BCUT2D eigenvalue weighted by Gasteiger charge is 1.92. The minimum atomic E-state index is -0.437. The van der Waals surface area contributed by atoms with Gasteiger partial charge in [-0.3, -0.25) is 4.79 Å². The number of carbonyl (C=O) groups excluding carboxylic acids is 1. The molecule has 1 amide bonds. The van der Waals surface area contributed by atoms with Crippen LogP contribution in [0.15, 0.2) is 42.5 Å². The van der Waals surface area contributed by atoms with Crippen LogP contribution in [0.4, 0.5) is 5.69 Å². The second kappa shape index (κ2) is 5.75. The van der Waals surface area contributed by atoms with Gasteiger partial charge in [-0.15, -0.1) is 0 Å². The molecule has 0 atom stereocenters. The van der Waals surface area contributed by atoms with Gasteiger partial charge in [-0.05, 0) is 17.7 Å². The largest absolute Gasteiger partial charge is 0.378 e. The van der Waals surface area contributed by atoms with Crippen LogP contribution in [-0.2, 0) is 4.79 Å². The predicted molar refractivity (Wildman–Crippen MR) is 68.1 cm³/mol. The summed E-state index contributed by atoms with van der Waals surface area (Å²) < 4.78 is 0. The Labute approximate surface area is 95.9 Å². The van der Waals surface area contributed by atoms with Crippen molar-refractivity contribution >= 4 is 17.7 Å². The van der Waals surface area contributed by atoms with Crippen LogP contribution >= 0.6 is 0 Å². The maximum Gasteiger partial charge on any atom is 0.241 e. The Balaban J connectivity index is 2.65. The average molecular weight is 216 g/mol. The lowest BCUT2D eigenvalue weighted by molar-refractivity contribution is -0.113. The van der Waals surface area contributed by atoms with Crippen molar-refractivity contribution in [2.45, 2.75) is 0 Å². The van der Waals surface area contributed by atoms with Crippen molar-refractivity contribution in [1.82, 2.24) is 0 Å². The summed E-state index contributed by atoms with van der Waals surface area (Å²) >= 11 is 0. The number of carbonyl (C=O) groups is 1. The normalized spacial score (nSPS) is 11.1. The van der Waals surface area contributed by atoms with E-state index >= 15 is 0 Å². The Morgan fingerprint density at radius 2 is 1.81 bits per heavy atom. The highest BCUT2D eigenvalue weighted by molar-refractivity contribution is 5.86. The van der Waals surface area contributed by atoms with E-state index in [1.807, 2.05) is 49.3 Å². The van der Waals surface area contributed by atoms with Crippen LogP contribution in [0.5, 0.6) is 0 Å². The van der Waals surface area contributed by atoms with Crippen LogP contribution in [0.2, 0.25) is 0 Å². The maximum atomic E-state index is 10.4. The van der Waals surface area contributed by atoms with Gasteiger partial charge in [0.15, 0.2) is 0 Å². The zero-order valence-electron chi connectivity index (χ0n) is 9.55. The Bertz CT molecular complexity index is 402. The molecule has 0 unspecified atom stereocenters. The lowest BCUT2D eigenvalue weighted by Gasteiger charge is -2.11. The molecule has 0 saturated carbocycles. The van der Waals surface area contributed by atoms with Gasteiger partial charge in [0.1, 0.15) is 0 Å². The minimum Gasteiger partial charge on any atom is -0.378 e. The van der Waals surface area contributed by atoms with Crippen molar-refractivity contribution in [3.05, 3.63) is 48.1 Å². The molecular weight excluding hydrogens is 200 g/mol. The number of anilines is 1. The summed E-state index contributed by atoms with van der Waals surface area (Å²) in [5, 5.41) is 0. The Morgan fingerprint density at radius 1 is 1.19 bits per heavy atom. The molecule has 0 saturated heterocycles. The molecule has 2 N–H and O–H groups in total. The second-order valence-corrected chi connectivity index (χ2v) is 3.61. The molecule has 0 aliphatic rings. The number of hydrogen-bond acceptors (Lipinski definition) is 2. The smallest absolute Gasteiger partial charge is 0.241 e. The molecule has 3 nitrogen and oxygen atoms in total. The fraction of sp³-hybridized carbons (Fsp3) is 0.154. The highest BCUT2D eigenvalue weighted by atomic mass is 16.1. The van der Waals surface area contributed by atoms with Gasteiger partial charge in [-0.25, -0.2) is 0 Å². The van der Waals surface area contributed by atoms with Crippen molar-refractivity contribution in [2.75, 3.05) is 19.0 Å². The summed E-state index contributed by atoms with van der Waals surface area (Å²) in [6, 6.07) is 8.11. The Hall–Kier alpha value is -2.03. The molecule has 0 spiro atoms. The zero-order chi connectivity index (χ0) is 12.0. The molecular formula is C13H16N2O. The van der Waals surface area contributed by atoms with E-state index in [0.29, 0.717) is 0 Å². The first-order valence-corrected chi connectivity index (χ1v) is 5.01. The van der Waals surface area contributed by atoms with Crippen LogP contribution < -0.4 is 10.6 Å². The van der Waals surface area contributed by atoms with E-state index in [9.17, 15) is 4.79 Å². The fourth-order valence-corrected chi connectivity index (χ4v) is 1.20. The lowest BCUT2D eigenvalue weighted by Crippen LogP contribution is -2.07. The summed E-state index contributed by atoms with van der Waals surface area (Å²) in [7, 11) is 4.00. The van der Waals surface area contributed by atoms with E-state index in [2.05, 4.69) is 0 Å². The maximum absolute atomic E-state index is 10.4. The third-order valence-electron chi connectivity index (χ3n) is 2.07. The number of hydrogen-bond donors (Lipinski definition) is 1. The van der Waals surface area contributed by atoms with Crippen LogP contribution in [0.3, 0.4) is 0 Å². The van der Waals surface area contributed by atoms with E-state index in [-0.39, 0.29) is 0 Å². The molecule has 0 aliphatic carbocycles. The minimum absolute atomic E-state index is 0.437. The lowest BCUT2D eigenvalue weighted by atomic mass is 10.2. The van der Waals surface area contributed by atoms with E-state index < -0.39 is 5.91 Å². The molecule has 0 bridgehead atoms. The number of allylic oxidation sites excluding steroid dienone is 2. The first-order valence-electron chi connectivity index (χ1n) is 5.01. The fourth-order valence-electron chi connectivity index (χ4n) is 1.20. The summed E-state index contributed by atoms with van der Waals surface area (Å²) in [4.78, 5) is 12.5. The van der Waals surface area contributed by atoms with Gasteiger partial charge < -0.3 is 10.6 Å². The summed E-state index contributed by atoms with van der Waals surface area (Å²) in [5.41, 5.74) is 7.20. The number of benzene rings is 1. The van der Waals surface area contributed by atoms with Crippen molar-refractivity contribution in [3.8, 4) is 0 Å². The van der Waals surface area contributed by atoms with Crippen molar-refractivity contribution < 1.29 is 4.79 Å². The summed E-state index contributed by atoms with van der Waals surface area (Å²) in [6.07, 6.45) is 6.65. The number of nitrogens with zero attached hydrogens (tertiary/aromatic N) is 1. The Morgan fingerprint density at radius 3 is 2.31 bits per heavy atom. The van der Waals surface area contributed by atoms with Crippen LogP contribution in [-0.4, -0.2) is 20.0 Å². The van der Waals surface area contributed by atoms with E-state index in [4.69, 9.17) is 5.73 Å². The van der Waals surface area contributed by atoms with Gasteiger partial charge in [0.2, 0.25) is 5.91 Å². The quantitative estimate of drug-likeness (QED) is 0.616. The average Bonchev–Trinajstić information content (AvgIpc) is 2.25. The SMILES string of the molecule is CN(C)c1ccc(/C=C/C=C\C(N)=O)cc1. The zero-order valence-corrected chi connectivity index (χ0v) is 9.55. The number of amides is 1. The van der Waals surface area contributed by atoms with Crippen LogP contribution in [0.1, 0.15) is 5.56 Å². The van der Waals surface area contributed by atoms with Gasteiger partial charge in [0.05, 0.1) is 0 Å². The topological polar surface area (TPSA) is 46.3 Å². The molecule has 0 heterocycles. The van der Waals surface area contributed by atoms with E-state index in [0.717, 1.165) is 11.3 Å². The highest BCUT2D eigenvalue weighted by Crippen LogP contribution is 2.12. The molecule has 3 heteroatoms. The van der Waals surface area contributed by atoms with Crippen LogP contribution in [0.25, 0.3) is 6.08 Å². The Kier molecular flexibility index (Phi) is 4.33. The first kappa shape index (κ1) is 12.0. The molecule has 1 rings (SSSR count). The standard InChI is InChI=1S/C13H16N2O/c1-15(2)12-9-7-11(8-10-12)5-3-4-6-13(14)16/h3-10H,1-2H3,(H2,14,16)/b5-3+,6-4-. The van der Waals surface area contributed by atoms with Gasteiger partial charge >= 0.3 is 0 Å². The number of primary amides is 1. The summed E-state index contributed by atoms with van der Waals surface area (Å²) in [5.74, 6) is -0.437. The third-order valence-corrected chi connectivity index (χ3v) is 2.07. The van der Waals surface area contributed by atoms with Crippen molar-refractivity contribution in [3.63, 3.8) is 0 Å². The van der Waals surface area contributed by atoms with Crippen LogP contribution in [0, 0.1) is 0 Å². The van der Waals surface area contributed by atoms with E-state index in [1.165, 1.54) is 6.08 Å². The molecule has 16 heavy (non-hydrogen) atoms. The van der Waals surface area contributed by atoms with Gasteiger partial charge in [-0.1, -0.05) is 30.4 Å². The van der Waals surface area contributed by atoms with Gasteiger partial charge in [0, 0.05) is 25.9 Å². The van der Waals surface area contributed by atoms with Crippen molar-refractivity contribution in [2.24, 2.45) is 5.73 Å². The molecule has 0 fully saturated rings. The molecule has 0 radical (unpaired) electrons. The third kappa shape index (κ3) is 4.00. The summed E-state index contributed by atoms with van der Waals surface area (Å²) in [6.45, 7) is 0. The predicted octanol–water partition coefficient (Wildman–Crippen LogP) is 1.81. The van der Waals surface area contributed by atoms with Gasteiger partial charge in [-0.2, -0.15) is 0 Å². The van der Waals surface area contributed by atoms with Crippen molar-refractivity contribution in [1.29, 1.82) is 0 Å². The van der Waals surface area contributed by atoms with E-state index in [1.54, 1.807) is 12.2 Å².